The normalized spacial score (nSPS) is 10.9. The molecule has 2 N–H and O–H groups in total. The number of hydrogen-bond acceptors (Lipinski definition) is 8. The average molecular weight is 418 g/mol. The monoisotopic (exact) mass is 417 g/mol. The maximum atomic E-state index is 12.1. The minimum Gasteiger partial charge on any atom is -0.377 e. The van der Waals surface area contributed by atoms with Crippen LogP contribution in [-0.4, -0.2) is 36.6 Å². The Balaban J connectivity index is 1.54. The molecule has 10 heteroatoms. The lowest BCUT2D eigenvalue weighted by Gasteiger charge is -2.12. The fourth-order valence-electron chi connectivity index (χ4n) is 2.62. The molecule has 148 valence electrons. The molecule has 0 aliphatic rings. The van der Waals surface area contributed by atoms with Crippen LogP contribution in [0.1, 0.15) is 28.9 Å². The Morgan fingerprint density at radius 3 is 2.61 bits per heavy atom. The third-order valence-electron chi connectivity index (χ3n) is 4.18. The van der Waals surface area contributed by atoms with E-state index in [0.717, 1.165) is 22.9 Å². The van der Waals surface area contributed by atoms with Crippen molar-refractivity contribution in [1.82, 2.24) is 25.0 Å². The summed E-state index contributed by atoms with van der Waals surface area (Å²) < 4.78 is 1.90. The van der Waals surface area contributed by atoms with Crippen molar-refractivity contribution in [3.8, 4) is 0 Å². The van der Waals surface area contributed by atoms with Crippen LogP contribution in [0.2, 0.25) is 0 Å². The van der Waals surface area contributed by atoms with Crippen LogP contribution in [0.15, 0.2) is 23.4 Å². The van der Waals surface area contributed by atoms with Gasteiger partial charge in [-0.1, -0.05) is 48.2 Å². The molecule has 3 aromatic rings. The summed E-state index contributed by atoms with van der Waals surface area (Å²) in [4.78, 5) is 12.1. The SMILES string of the molecule is CCc1nnc(NC(=O)CSc2nnc(CNc3c(C)cccc3C)n2C)s1. The number of aromatic nitrogens is 5. The number of rotatable bonds is 8. The van der Waals surface area contributed by atoms with Gasteiger partial charge in [-0.15, -0.1) is 20.4 Å². The van der Waals surface area contributed by atoms with Gasteiger partial charge in [-0.25, -0.2) is 0 Å². The van der Waals surface area contributed by atoms with Gasteiger partial charge in [0.05, 0.1) is 12.3 Å². The molecule has 28 heavy (non-hydrogen) atoms. The van der Waals surface area contributed by atoms with Gasteiger partial charge in [-0.3, -0.25) is 10.1 Å². The quantitative estimate of drug-likeness (QED) is 0.543. The summed E-state index contributed by atoms with van der Waals surface area (Å²) in [5, 5.41) is 24.7. The Kier molecular flexibility index (Phi) is 6.63. The van der Waals surface area contributed by atoms with Gasteiger partial charge in [0.25, 0.3) is 0 Å². The number of carbonyl (C=O) groups is 1. The van der Waals surface area contributed by atoms with Gasteiger partial charge in [0.15, 0.2) is 11.0 Å². The first-order valence-electron chi connectivity index (χ1n) is 8.91. The zero-order chi connectivity index (χ0) is 20.1. The second-order valence-corrected chi connectivity index (χ2v) is 8.27. The number of nitrogens with one attached hydrogen (secondary N) is 2. The van der Waals surface area contributed by atoms with Crippen molar-refractivity contribution in [3.05, 3.63) is 40.2 Å². The summed E-state index contributed by atoms with van der Waals surface area (Å²) in [6.45, 7) is 6.72. The van der Waals surface area contributed by atoms with Crippen LogP contribution in [0.5, 0.6) is 0 Å². The maximum absolute atomic E-state index is 12.1. The third-order valence-corrected chi connectivity index (χ3v) is 6.18. The van der Waals surface area contributed by atoms with Crippen molar-refractivity contribution in [2.75, 3.05) is 16.4 Å². The molecule has 0 radical (unpaired) electrons. The highest BCUT2D eigenvalue weighted by Gasteiger charge is 2.13. The van der Waals surface area contributed by atoms with Crippen LogP contribution in [0.3, 0.4) is 0 Å². The Morgan fingerprint density at radius 1 is 1.18 bits per heavy atom. The van der Waals surface area contributed by atoms with Gasteiger partial charge < -0.3 is 9.88 Å². The van der Waals surface area contributed by atoms with Gasteiger partial charge in [-0.2, -0.15) is 0 Å². The minimum atomic E-state index is -0.137. The summed E-state index contributed by atoms with van der Waals surface area (Å²) in [5.41, 5.74) is 3.50. The number of hydrogen-bond donors (Lipinski definition) is 2. The van der Waals surface area contributed by atoms with E-state index in [2.05, 4.69) is 57.0 Å². The lowest BCUT2D eigenvalue weighted by atomic mass is 10.1. The minimum absolute atomic E-state index is 0.137. The molecule has 0 atom stereocenters. The first-order chi connectivity index (χ1) is 13.5. The molecule has 0 aliphatic carbocycles. The standard InChI is InChI=1S/C18H23N7OS2/c1-5-15-22-23-17(28-15)20-14(26)10-27-18-24-21-13(25(18)4)9-19-16-11(2)7-6-8-12(16)3/h6-8,19H,5,9-10H2,1-4H3,(H,20,23,26). The lowest BCUT2D eigenvalue weighted by Crippen LogP contribution is -2.14. The topological polar surface area (TPSA) is 97.6 Å². The Labute approximate surface area is 172 Å². The molecule has 2 aromatic heterocycles. The van der Waals surface area contributed by atoms with E-state index in [1.165, 1.54) is 34.2 Å². The molecule has 3 rings (SSSR count). The van der Waals surface area contributed by atoms with E-state index in [0.29, 0.717) is 16.8 Å². The second-order valence-electron chi connectivity index (χ2n) is 6.27. The van der Waals surface area contributed by atoms with Crippen LogP contribution in [0.4, 0.5) is 10.8 Å². The number of amides is 1. The van der Waals surface area contributed by atoms with E-state index in [9.17, 15) is 4.79 Å². The van der Waals surface area contributed by atoms with Gasteiger partial charge >= 0.3 is 0 Å². The van der Waals surface area contributed by atoms with E-state index in [1.54, 1.807) is 0 Å². The van der Waals surface area contributed by atoms with Crippen LogP contribution in [0.25, 0.3) is 0 Å². The molecule has 0 aliphatic heterocycles. The number of carbonyl (C=O) groups excluding carboxylic acids is 1. The highest BCUT2D eigenvalue weighted by Crippen LogP contribution is 2.21. The summed E-state index contributed by atoms with van der Waals surface area (Å²) in [7, 11) is 1.90. The number of para-hydroxylation sites is 1. The van der Waals surface area contributed by atoms with E-state index in [-0.39, 0.29) is 11.7 Å². The summed E-state index contributed by atoms with van der Waals surface area (Å²) in [6.07, 6.45) is 0.806. The molecule has 1 amide bonds. The van der Waals surface area contributed by atoms with E-state index in [4.69, 9.17) is 0 Å². The van der Waals surface area contributed by atoms with Gasteiger partial charge in [0.1, 0.15) is 5.01 Å². The third kappa shape index (κ3) is 4.87. The average Bonchev–Trinajstić information content (AvgIpc) is 3.26. The molecular weight excluding hydrogens is 394 g/mol. The van der Waals surface area contributed by atoms with Crippen molar-refractivity contribution in [2.24, 2.45) is 7.05 Å². The largest absolute Gasteiger partial charge is 0.377 e. The molecule has 2 heterocycles. The van der Waals surface area contributed by atoms with Crippen LogP contribution in [-0.2, 0) is 24.8 Å². The maximum Gasteiger partial charge on any atom is 0.236 e. The van der Waals surface area contributed by atoms with E-state index >= 15 is 0 Å². The molecule has 1 aromatic carbocycles. The lowest BCUT2D eigenvalue weighted by molar-refractivity contribution is -0.113. The van der Waals surface area contributed by atoms with Crippen molar-refractivity contribution < 1.29 is 4.79 Å². The molecule has 0 saturated carbocycles. The van der Waals surface area contributed by atoms with Gasteiger partial charge in [0, 0.05) is 12.7 Å². The molecule has 0 saturated heterocycles. The van der Waals surface area contributed by atoms with E-state index < -0.39 is 0 Å². The highest BCUT2D eigenvalue weighted by atomic mass is 32.2. The number of nitrogens with zero attached hydrogens (tertiary/aromatic N) is 5. The fourth-order valence-corrected chi connectivity index (χ4v) is 4.04. The first kappa shape index (κ1) is 20.3. The molecular formula is C18H23N7OS2. The second kappa shape index (κ2) is 9.16. The zero-order valence-corrected chi connectivity index (χ0v) is 17.9. The van der Waals surface area contributed by atoms with Gasteiger partial charge in [-0.05, 0) is 31.4 Å². The first-order valence-corrected chi connectivity index (χ1v) is 10.7. The zero-order valence-electron chi connectivity index (χ0n) is 16.3. The predicted molar refractivity (Wildman–Crippen MR) is 113 cm³/mol. The Hall–Kier alpha value is -2.46. The smallest absolute Gasteiger partial charge is 0.236 e. The molecule has 8 nitrogen and oxygen atoms in total. The number of benzene rings is 1. The van der Waals surface area contributed by atoms with Crippen LogP contribution in [0, 0.1) is 13.8 Å². The molecule has 0 fully saturated rings. The molecule has 0 spiro atoms. The van der Waals surface area contributed by atoms with Crippen molar-refractivity contribution in [1.29, 1.82) is 0 Å². The van der Waals surface area contributed by atoms with Crippen molar-refractivity contribution in [3.63, 3.8) is 0 Å². The number of anilines is 2. The fraction of sp³-hybridized carbons (Fsp3) is 0.389. The van der Waals surface area contributed by atoms with Crippen molar-refractivity contribution >= 4 is 39.8 Å². The highest BCUT2D eigenvalue weighted by molar-refractivity contribution is 7.99. The van der Waals surface area contributed by atoms with E-state index in [1.807, 2.05) is 24.6 Å². The Bertz CT molecular complexity index is 947. The van der Waals surface area contributed by atoms with Crippen molar-refractivity contribution in [2.45, 2.75) is 38.9 Å². The predicted octanol–water partition coefficient (Wildman–Crippen LogP) is 3.19. The number of aryl methyl sites for hydroxylation is 3. The van der Waals surface area contributed by atoms with Gasteiger partial charge in [0.2, 0.25) is 11.0 Å². The van der Waals surface area contributed by atoms with Crippen LogP contribution >= 0.6 is 23.1 Å². The molecule has 0 bridgehead atoms. The summed E-state index contributed by atoms with van der Waals surface area (Å²) in [5.74, 6) is 0.904. The Morgan fingerprint density at radius 2 is 1.93 bits per heavy atom. The number of thioether (sulfide) groups is 1. The summed E-state index contributed by atoms with van der Waals surface area (Å²) >= 11 is 2.73. The molecule has 0 unspecified atom stereocenters. The van der Waals surface area contributed by atoms with Crippen LogP contribution < -0.4 is 10.6 Å². The summed E-state index contributed by atoms with van der Waals surface area (Å²) in [6, 6.07) is 6.20.